The third kappa shape index (κ3) is 2.69. The number of rotatable bonds is 3. The van der Waals surface area contributed by atoms with Gasteiger partial charge in [-0.3, -0.25) is 15.1 Å². The van der Waals surface area contributed by atoms with Crippen molar-refractivity contribution in [3.05, 3.63) is 40.7 Å². The topological polar surface area (TPSA) is 92.2 Å². The Morgan fingerprint density at radius 1 is 1.39 bits per heavy atom. The summed E-state index contributed by atoms with van der Waals surface area (Å²) in [6.07, 6.45) is 1.14. The van der Waals surface area contributed by atoms with E-state index in [1.807, 2.05) is 12.3 Å². The maximum Gasteiger partial charge on any atom is 0.337 e. The predicted molar refractivity (Wildman–Crippen MR) is 66.0 cm³/mol. The number of anilines is 1. The summed E-state index contributed by atoms with van der Waals surface area (Å²) in [6.45, 7) is 1.83. The number of carbonyl (C=O) groups excluding carboxylic acids is 1. The molecule has 2 aromatic rings. The first kappa shape index (κ1) is 12.2. The minimum atomic E-state index is -1.08. The molecular weight excluding hydrogens is 254 g/mol. The number of hydrogen-bond acceptors (Lipinski definition) is 5. The first-order valence-electron chi connectivity index (χ1n) is 4.99. The summed E-state index contributed by atoms with van der Waals surface area (Å²) in [4.78, 5) is 30.3. The molecule has 2 N–H and O–H groups in total. The Kier molecular flexibility index (Phi) is 3.33. The van der Waals surface area contributed by atoms with Crippen LogP contribution in [0.1, 0.15) is 26.5 Å². The Hall–Kier alpha value is -2.28. The lowest BCUT2D eigenvalue weighted by Crippen LogP contribution is -2.14. The van der Waals surface area contributed by atoms with Gasteiger partial charge in [0.1, 0.15) is 5.69 Å². The van der Waals surface area contributed by atoms with Crippen LogP contribution in [0.3, 0.4) is 0 Å². The van der Waals surface area contributed by atoms with E-state index >= 15 is 0 Å². The summed E-state index contributed by atoms with van der Waals surface area (Å²) in [5.74, 6) is -1.49. The second kappa shape index (κ2) is 4.92. The van der Waals surface area contributed by atoms with Gasteiger partial charge < -0.3 is 5.11 Å². The minimum Gasteiger partial charge on any atom is -0.478 e. The minimum absolute atomic E-state index is 0.0386. The molecule has 0 radical (unpaired) electrons. The average Bonchev–Trinajstić information content (AvgIpc) is 2.75. The molecule has 2 rings (SSSR count). The van der Waals surface area contributed by atoms with Gasteiger partial charge in [0.15, 0.2) is 5.13 Å². The summed E-state index contributed by atoms with van der Waals surface area (Å²) in [5.41, 5.74) is 1.01. The standard InChI is InChI=1S/C11H9N3O3S/c1-6-5-18-11(13-6)14-9(15)8-3-2-7(4-12-8)10(16)17/h2-5H,1H3,(H,16,17)(H,13,14,15). The van der Waals surface area contributed by atoms with Crippen molar-refractivity contribution in [2.24, 2.45) is 0 Å². The molecular formula is C11H9N3O3S. The van der Waals surface area contributed by atoms with E-state index in [9.17, 15) is 9.59 Å². The number of aromatic nitrogens is 2. The highest BCUT2D eigenvalue weighted by Gasteiger charge is 2.11. The molecule has 18 heavy (non-hydrogen) atoms. The second-order valence-electron chi connectivity index (χ2n) is 3.49. The molecule has 0 aromatic carbocycles. The molecule has 0 unspecified atom stereocenters. The molecule has 0 spiro atoms. The van der Waals surface area contributed by atoms with E-state index in [4.69, 9.17) is 5.11 Å². The van der Waals surface area contributed by atoms with Crippen molar-refractivity contribution in [2.75, 3.05) is 5.32 Å². The molecule has 0 aliphatic heterocycles. The molecule has 6 nitrogen and oxygen atoms in total. The van der Waals surface area contributed by atoms with E-state index in [2.05, 4.69) is 15.3 Å². The highest BCUT2D eigenvalue weighted by molar-refractivity contribution is 7.13. The maximum atomic E-state index is 11.8. The first-order valence-corrected chi connectivity index (χ1v) is 5.87. The molecule has 0 aliphatic rings. The van der Waals surface area contributed by atoms with Crippen LogP contribution in [0.5, 0.6) is 0 Å². The Labute approximate surface area is 106 Å². The van der Waals surface area contributed by atoms with E-state index in [1.165, 1.54) is 23.5 Å². The van der Waals surface area contributed by atoms with Crippen molar-refractivity contribution in [3.8, 4) is 0 Å². The number of aryl methyl sites for hydroxylation is 1. The van der Waals surface area contributed by atoms with Gasteiger partial charge in [-0.1, -0.05) is 0 Å². The summed E-state index contributed by atoms with van der Waals surface area (Å²) < 4.78 is 0. The number of pyridine rings is 1. The number of amides is 1. The Morgan fingerprint density at radius 2 is 2.17 bits per heavy atom. The fourth-order valence-corrected chi connectivity index (χ4v) is 1.91. The van der Waals surface area contributed by atoms with Crippen LogP contribution in [0.15, 0.2) is 23.7 Å². The van der Waals surface area contributed by atoms with Crippen molar-refractivity contribution in [3.63, 3.8) is 0 Å². The van der Waals surface area contributed by atoms with E-state index in [-0.39, 0.29) is 11.3 Å². The lowest BCUT2D eigenvalue weighted by atomic mass is 10.2. The smallest absolute Gasteiger partial charge is 0.337 e. The fourth-order valence-electron chi connectivity index (χ4n) is 1.23. The normalized spacial score (nSPS) is 10.1. The molecule has 0 aliphatic carbocycles. The number of hydrogen-bond donors (Lipinski definition) is 2. The van der Waals surface area contributed by atoms with Crippen molar-refractivity contribution in [2.45, 2.75) is 6.92 Å². The monoisotopic (exact) mass is 263 g/mol. The number of carboxylic acid groups (broad SMARTS) is 1. The lowest BCUT2D eigenvalue weighted by Gasteiger charge is -2.01. The van der Waals surface area contributed by atoms with Gasteiger partial charge >= 0.3 is 5.97 Å². The van der Waals surface area contributed by atoms with E-state index < -0.39 is 11.9 Å². The predicted octanol–water partition coefficient (Wildman–Crippen LogP) is 1.80. The number of carbonyl (C=O) groups is 2. The van der Waals surface area contributed by atoms with Gasteiger partial charge in [0.25, 0.3) is 5.91 Å². The molecule has 0 bridgehead atoms. The number of nitrogens with one attached hydrogen (secondary N) is 1. The molecule has 1 amide bonds. The second-order valence-corrected chi connectivity index (χ2v) is 4.34. The van der Waals surface area contributed by atoms with Crippen LogP contribution in [-0.4, -0.2) is 27.0 Å². The largest absolute Gasteiger partial charge is 0.478 e. The first-order chi connectivity index (χ1) is 8.56. The van der Waals surface area contributed by atoms with Gasteiger partial charge in [-0.15, -0.1) is 11.3 Å². The average molecular weight is 263 g/mol. The molecule has 2 heterocycles. The van der Waals surface area contributed by atoms with Gasteiger partial charge in [-0.2, -0.15) is 0 Å². The van der Waals surface area contributed by atoms with Gasteiger partial charge in [0, 0.05) is 11.6 Å². The lowest BCUT2D eigenvalue weighted by molar-refractivity contribution is 0.0696. The summed E-state index contributed by atoms with van der Waals surface area (Å²) in [7, 11) is 0. The number of thiazole rings is 1. The van der Waals surface area contributed by atoms with Gasteiger partial charge in [-0.05, 0) is 19.1 Å². The van der Waals surface area contributed by atoms with Gasteiger partial charge in [-0.25, -0.2) is 9.78 Å². The zero-order chi connectivity index (χ0) is 13.1. The summed E-state index contributed by atoms with van der Waals surface area (Å²) in [6, 6.07) is 2.69. The van der Waals surface area contributed by atoms with Crippen LogP contribution < -0.4 is 5.32 Å². The van der Waals surface area contributed by atoms with E-state index in [0.717, 1.165) is 11.9 Å². The van der Waals surface area contributed by atoms with Crippen LogP contribution in [0.2, 0.25) is 0 Å². The van der Waals surface area contributed by atoms with Crippen LogP contribution >= 0.6 is 11.3 Å². The van der Waals surface area contributed by atoms with Crippen LogP contribution in [0.4, 0.5) is 5.13 Å². The van der Waals surface area contributed by atoms with Crippen molar-refractivity contribution >= 4 is 28.3 Å². The molecule has 0 saturated carbocycles. The van der Waals surface area contributed by atoms with E-state index in [1.54, 1.807) is 0 Å². The van der Waals surface area contributed by atoms with Crippen LogP contribution in [-0.2, 0) is 0 Å². The zero-order valence-electron chi connectivity index (χ0n) is 9.38. The van der Waals surface area contributed by atoms with Crippen LogP contribution in [0.25, 0.3) is 0 Å². The maximum absolute atomic E-state index is 11.8. The summed E-state index contributed by atoms with van der Waals surface area (Å²) in [5, 5.41) is 13.6. The zero-order valence-corrected chi connectivity index (χ0v) is 10.2. The highest BCUT2D eigenvalue weighted by Crippen LogP contribution is 2.15. The molecule has 2 aromatic heterocycles. The van der Waals surface area contributed by atoms with Gasteiger partial charge in [0.05, 0.1) is 11.3 Å². The van der Waals surface area contributed by atoms with Crippen molar-refractivity contribution in [1.29, 1.82) is 0 Å². The van der Waals surface area contributed by atoms with E-state index in [0.29, 0.717) is 5.13 Å². The summed E-state index contributed by atoms with van der Waals surface area (Å²) >= 11 is 1.32. The quantitative estimate of drug-likeness (QED) is 0.880. The fraction of sp³-hybridized carbons (Fsp3) is 0.0909. The van der Waals surface area contributed by atoms with Gasteiger partial charge in [0.2, 0.25) is 0 Å². The third-order valence-corrected chi connectivity index (χ3v) is 2.96. The highest BCUT2D eigenvalue weighted by atomic mass is 32.1. The third-order valence-electron chi connectivity index (χ3n) is 2.08. The molecule has 92 valence electrons. The SMILES string of the molecule is Cc1csc(NC(=O)c2ccc(C(=O)O)cn2)n1. The molecule has 0 saturated heterocycles. The molecule has 0 fully saturated rings. The number of carboxylic acids is 1. The Bertz CT molecular complexity index is 592. The van der Waals surface area contributed by atoms with Crippen LogP contribution in [0, 0.1) is 6.92 Å². The number of aromatic carboxylic acids is 1. The molecule has 0 atom stereocenters. The number of nitrogens with zero attached hydrogens (tertiary/aromatic N) is 2. The van der Waals surface area contributed by atoms with Crippen molar-refractivity contribution in [1.82, 2.24) is 9.97 Å². The van der Waals surface area contributed by atoms with Crippen molar-refractivity contribution < 1.29 is 14.7 Å². The molecule has 7 heteroatoms. The Morgan fingerprint density at radius 3 is 2.67 bits per heavy atom. The Balaban J connectivity index is 2.11.